The molecule has 80 valence electrons. The Morgan fingerprint density at radius 3 is 1.86 bits per heavy atom. The number of carbonyl (C=O) groups is 3. The van der Waals surface area contributed by atoms with Crippen LogP contribution in [0.1, 0.15) is 0 Å². The summed E-state index contributed by atoms with van der Waals surface area (Å²) < 4.78 is 8.55. The molecule has 14 heavy (non-hydrogen) atoms. The molecule has 0 aliphatic carbocycles. The quantitative estimate of drug-likeness (QED) is 0.324. The van der Waals surface area contributed by atoms with Crippen LogP contribution in [0.15, 0.2) is 0 Å². The number of rotatable bonds is 2. The number of cyclic esters (lactones) is 2. The summed E-state index contributed by atoms with van der Waals surface area (Å²) in [5, 5.41) is 15.0. The van der Waals surface area contributed by atoms with Gasteiger partial charge in [0.05, 0.1) is 0 Å². The number of carboxylic acid groups (broad SMARTS) is 1. The Bertz CT molecular complexity index is 194. The fraction of sp³-hybridized carbons (Fsp3) is 0.500. The lowest BCUT2D eigenvalue weighted by atomic mass is 10.6. The maximum atomic E-state index is 10.1. The molecule has 0 radical (unpaired) electrons. The number of carboxylic acids is 1. The highest BCUT2D eigenvalue weighted by atomic mass is 17.1. The van der Waals surface area contributed by atoms with Crippen LogP contribution in [0, 0.1) is 0 Å². The van der Waals surface area contributed by atoms with Gasteiger partial charge >= 0.3 is 17.9 Å². The highest BCUT2D eigenvalue weighted by Gasteiger charge is 2.16. The van der Waals surface area contributed by atoms with Crippen LogP contribution in [0.3, 0.4) is 0 Å². The highest BCUT2D eigenvalue weighted by Crippen LogP contribution is 1.90. The molecule has 0 saturated carbocycles. The first-order valence-electron chi connectivity index (χ1n) is 3.35. The molecule has 0 bridgehead atoms. The van der Waals surface area contributed by atoms with Crippen molar-refractivity contribution in [2.45, 2.75) is 0 Å². The molecule has 8 heteroatoms. The van der Waals surface area contributed by atoms with E-state index in [-0.39, 0.29) is 13.2 Å². The second kappa shape index (κ2) is 6.80. The van der Waals surface area contributed by atoms with Crippen molar-refractivity contribution in [3.8, 4) is 0 Å². The maximum absolute atomic E-state index is 10.1. The Labute approximate surface area is 77.9 Å². The lowest BCUT2D eigenvalue weighted by Crippen LogP contribution is -2.27. The van der Waals surface area contributed by atoms with Crippen molar-refractivity contribution in [2.75, 3.05) is 19.8 Å². The normalized spacial score (nSPS) is 14.6. The van der Waals surface area contributed by atoms with Gasteiger partial charge in [-0.2, -0.15) is 0 Å². The van der Waals surface area contributed by atoms with E-state index in [0.717, 1.165) is 0 Å². The van der Waals surface area contributed by atoms with Crippen LogP contribution in [-0.4, -0.2) is 48.1 Å². The lowest BCUT2D eigenvalue weighted by Gasteiger charge is -2.09. The molecule has 0 atom stereocenters. The molecular formula is C6H8O8. The first-order chi connectivity index (χ1) is 6.56. The van der Waals surface area contributed by atoms with Gasteiger partial charge < -0.3 is 14.6 Å². The first kappa shape index (κ1) is 12.3. The molecule has 0 unspecified atom stereocenters. The lowest BCUT2D eigenvalue weighted by molar-refractivity contribution is -0.243. The summed E-state index contributed by atoms with van der Waals surface area (Å²) in [5.74, 6) is -2.15. The molecule has 0 spiro atoms. The van der Waals surface area contributed by atoms with Crippen LogP contribution in [-0.2, 0) is 28.7 Å². The molecule has 1 rings (SSSR count). The highest BCUT2D eigenvalue weighted by molar-refractivity contribution is 5.82. The number of carbonyl (C=O) groups excluding carboxylic acids is 2. The van der Waals surface area contributed by atoms with Crippen molar-refractivity contribution in [1.29, 1.82) is 0 Å². The third-order valence-corrected chi connectivity index (χ3v) is 0.890. The molecule has 1 saturated heterocycles. The predicted molar refractivity (Wildman–Crippen MR) is 38.1 cm³/mol. The van der Waals surface area contributed by atoms with E-state index in [0.29, 0.717) is 0 Å². The molecular weight excluding hydrogens is 200 g/mol. The summed E-state index contributed by atoms with van der Waals surface area (Å²) in [6.07, 6.45) is 0. The molecule has 0 aromatic carbocycles. The van der Waals surface area contributed by atoms with Crippen molar-refractivity contribution in [3.05, 3.63) is 0 Å². The van der Waals surface area contributed by atoms with Gasteiger partial charge in [-0.3, -0.25) is 5.26 Å². The number of esters is 2. The zero-order chi connectivity index (χ0) is 11.0. The minimum absolute atomic E-state index is 0.237. The van der Waals surface area contributed by atoms with Crippen molar-refractivity contribution in [3.63, 3.8) is 0 Å². The van der Waals surface area contributed by atoms with Crippen LogP contribution in [0.25, 0.3) is 0 Å². The number of hydrogen-bond acceptors (Lipinski definition) is 7. The van der Waals surface area contributed by atoms with Gasteiger partial charge in [-0.1, -0.05) is 0 Å². The van der Waals surface area contributed by atoms with E-state index in [9.17, 15) is 14.4 Å². The molecule has 8 nitrogen and oxygen atoms in total. The second-order valence-corrected chi connectivity index (χ2v) is 1.99. The minimum Gasteiger partial charge on any atom is -0.479 e. The van der Waals surface area contributed by atoms with E-state index in [1.165, 1.54) is 0 Å². The summed E-state index contributed by atoms with van der Waals surface area (Å²) in [5.41, 5.74) is 0. The molecule has 2 N–H and O–H groups in total. The van der Waals surface area contributed by atoms with Gasteiger partial charge in [-0.15, -0.1) is 0 Å². The topological polar surface area (TPSA) is 119 Å². The third-order valence-electron chi connectivity index (χ3n) is 0.890. The van der Waals surface area contributed by atoms with Gasteiger partial charge in [0, 0.05) is 0 Å². The minimum atomic E-state index is -1.18. The molecule has 1 fully saturated rings. The Morgan fingerprint density at radius 1 is 1.29 bits per heavy atom. The van der Waals surface area contributed by atoms with Gasteiger partial charge in [0.15, 0.2) is 19.8 Å². The van der Waals surface area contributed by atoms with Crippen LogP contribution in [0.5, 0.6) is 0 Å². The Balaban J connectivity index is 0.000000255. The number of ether oxygens (including phenoxy) is 2. The Kier molecular flexibility index (Phi) is 5.99. The van der Waals surface area contributed by atoms with E-state index in [2.05, 4.69) is 14.4 Å². The molecule has 1 aliphatic rings. The zero-order valence-electron chi connectivity index (χ0n) is 6.97. The average molecular weight is 208 g/mol. The molecule has 0 aromatic rings. The molecule has 0 aromatic heterocycles. The summed E-state index contributed by atoms with van der Waals surface area (Å²) in [7, 11) is 0. The first-order valence-corrected chi connectivity index (χ1v) is 3.35. The standard InChI is InChI=1S/C4H4O4.C2H4O4/c5-3-1-7-4(6)2-8-3;3-2(4)1-6-5/h1-2H2;5H,1H2,(H,3,4). The third kappa shape index (κ3) is 7.00. The fourth-order valence-electron chi connectivity index (χ4n) is 0.417. The van der Waals surface area contributed by atoms with Gasteiger partial charge in [-0.05, 0) is 0 Å². The van der Waals surface area contributed by atoms with E-state index < -0.39 is 24.5 Å². The van der Waals surface area contributed by atoms with Crippen LogP contribution < -0.4 is 0 Å². The largest absolute Gasteiger partial charge is 0.479 e. The Hall–Kier alpha value is -1.67. The van der Waals surface area contributed by atoms with Crippen molar-refractivity contribution < 1.29 is 39.1 Å². The molecule has 0 amide bonds. The monoisotopic (exact) mass is 208 g/mol. The van der Waals surface area contributed by atoms with Crippen LogP contribution >= 0.6 is 0 Å². The predicted octanol–water partition coefficient (Wildman–Crippen LogP) is -1.35. The average Bonchev–Trinajstić information content (AvgIpc) is 2.11. The van der Waals surface area contributed by atoms with E-state index in [1.54, 1.807) is 0 Å². The van der Waals surface area contributed by atoms with Gasteiger partial charge in [0.1, 0.15) is 0 Å². The second-order valence-electron chi connectivity index (χ2n) is 1.99. The summed E-state index contributed by atoms with van der Waals surface area (Å²) in [6, 6.07) is 0. The smallest absolute Gasteiger partial charge is 0.344 e. The summed E-state index contributed by atoms with van der Waals surface area (Å²) in [6.45, 7) is -1.13. The van der Waals surface area contributed by atoms with Gasteiger partial charge in [-0.25, -0.2) is 19.3 Å². The zero-order valence-corrected chi connectivity index (χ0v) is 6.97. The fourth-order valence-corrected chi connectivity index (χ4v) is 0.417. The molecule has 1 heterocycles. The maximum Gasteiger partial charge on any atom is 0.344 e. The van der Waals surface area contributed by atoms with Crippen LogP contribution in [0.4, 0.5) is 0 Å². The van der Waals surface area contributed by atoms with Gasteiger partial charge in [0.2, 0.25) is 0 Å². The van der Waals surface area contributed by atoms with E-state index in [1.807, 2.05) is 0 Å². The summed E-state index contributed by atoms with van der Waals surface area (Å²) in [4.78, 5) is 32.7. The number of hydrogen-bond donors (Lipinski definition) is 2. The molecule has 1 aliphatic heterocycles. The van der Waals surface area contributed by atoms with E-state index in [4.69, 9.17) is 10.4 Å². The Morgan fingerprint density at radius 2 is 1.71 bits per heavy atom. The SMILES string of the molecule is O=C(O)COO.O=C1COC(=O)CO1. The van der Waals surface area contributed by atoms with Crippen LogP contribution in [0.2, 0.25) is 0 Å². The summed E-state index contributed by atoms with van der Waals surface area (Å²) >= 11 is 0. The van der Waals surface area contributed by atoms with Crippen molar-refractivity contribution in [1.82, 2.24) is 0 Å². The number of aliphatic carboxylic acids is 1. The van der Waals surface area contributed by atoms with Crippen molar-refractivity contribution >= 4 is 17.9 Å². The van der Waals surface area contributed by atoms with Gasteiger partial charge in [0.25, 0.3) is 0 Å². The van der Waals surface area contributed by atoms with Crippen molar-refractivity contribution in [2.24, 2.45) is 0 Å². The van der Waals surface area contributed by atoms with E-state index >= 15 is 0 Å².